The SMILES string of the molecule is CC[S+](CC)c1cccc2ccccc12.O=S(=O)([O-])C(F)(F)F. The topological polar surface area (TPSA) is 57.2 Å². The zero-order valence-corrected chi connectivity index (χ0v) is 14.3. The third-order valence-corrected chi connectivity index (χ3v) is 5.98. The molecule has 0 amide bonds. The average Bonchev–Trinajstić information content (AvgIpc) is 2.47. The molecule has 2 aromatic rings. The van der Waals surface area contributed by atoms with E-state index in [2.05, 4.69) is 56.3 Å². The van der Waals surface area contributed by atoms with E-state index < -0.39 is 15.6 Å². The second kappa shape index (κ2) is 8.03. The number of alkyl halides is 3. The van der Waals surface area contributed by atoms with E-state index in [1.807, 2.05) is 0 Å². The lowest BCUT2D eigenvalue weighted by molar-refractivity contribution is -0.0517. The third kappa shape index (κ3) is 5.40. The van der Waals surface area contributed by atoms with Gasteiger partial charge in [-0.2, -0.15) is 13.2 Å². The minimum atomic E-state index is -6.09. The molecule has 0 fully saturated rings. The molecular formula is C15H17F3O3S2. The first-order chi connectivity index (χ1) is 10.6. The van der Waals surface area contributed by atoms with Crippen molar-refractivity contribution < 1.29 is 26.1 Å². The van der Waals surface area contributed by atoms with Crippen LogP contribution in [0, 0.1) is 0 Å². The van der Waals surface area contributed by atoms with Crippen LogP contribution >= 0.6 is 0 Å². The Labute approximate surface area is 136 Å². The molecule has 0 saturated carbocycles. The Morgan fingerprint density at radius 3 is 1.96 bits per heavy atom. The van der Waals surface area contributed by atoms with E-state index >= 15 is 0 Å². The number of hydrogen-bond donors (Lipinski definition) is 0. The summed E-state index contributed by atoms with van der Waals surface area (Å²) in [5, 5.41) is 2.81. The summed E-state index contributed by atoms with van der Waals surface area (Å²) in [4.78, 5) is 1.54. The Hall–Kier alpha value is -1.25. The molecule has 0 bridgehead atoms. The molecule has 0 aliphatic carbocycles. The van der Waals surface area contributed by atoms with Crippen LogP contribution in [0.25, 0.3) is 10.8 Å². The first-order valence-electron chi connectivity index (χ1n) is 6.79. The molecule has 128 valence electrons. The molecule has 0 N–H and O–H groups in total. The van der Waals surface area contributed by atoms with Crippen LogP contribution in [0.1, 0.15) is 13.8 Å². The van der Waals surface area contributed by atoms with Gasteiger partial charge in [0, 0.05) is 16.3 Å². The van der Waals surface area contributed by atoms with E-state index in [0.29, 0.717) is 10.9 Å². The van der Waals surface area contributed by atoms with Crippen LogP contribution in [0.2, 0.25) is 0 Å². The lowest BCUT2D eigenvalue weighted by atomic mass is 10.1. The Balaban J connectivity index is 0.000000284. The number of halogens is 3. The van der Waals surface area contributed by atoms with Crippen molar-refractivity contribution in [3.8, 4) is 0 Å². The summed E-state index contributed by atoms with van der Waals surface area (Å²) in [5.74, 6) is 2.51. The van der Waals surface area contributed by atoms with E-state index in [0.717, 1.165) is 0 Å². The van der Waals surface area contributed by atoms with Gasteiger partial charge in [-0.25, -0.2) is 8.42 Å². The van der Waals surface area contributed by atoms with Crippen molar-refractivity contribution in [2.75, 3.05) is 11.5 Å². The molecule has 0 aliphatic heterocycles. The maximum atomic E-state index is 10.7. The van der Waals surface area contributed by atoms with Crippen LogP contribution in [0.15, 0.2) is 47.4 Å². The van der Waals surface area contributed by atoms with Gasteiger partial charge in [0.2, 0.25) is 0 Å². The van der Waals surface area contributed by atoms with E-state index in [-0.39, 0.29) is 0 Å². The summed E-state index contributed by atoms with van der Waals surface area (Å²) >= 11 is 0. The highest BCUT2D eigenvalue weighted by Crippen LogP contribution is 2.25. The van der Waals surface area contributed by atoms with E-state index in [4.69, 9.17) is 13.0 Å². The molecule has 0 aromatic heterocycles. The van der Waals surface area contributed by atoms with Gasteiger partial charge in [-0.1, -0.05) is 30.3 Å². The van der Waals surface area contributed by atoms with Crippen LogP contribution in [-0.4, -0.2) is 30.0 Å². The van der Waals surface area contributed by atoms with Gasteiger partial charge in [-0.15, -0.1) is 0 Å². The molecule has 0 unspecified atom stereocenters. The van der Waals surface area contributed by atoms with Gasteiger partial charge >= 0.3 is 5.51 Å². The van der Waals surface area contributed by atoms with Crippen molar-refractivity contribution in [1.29, 1.82) is 0 Å². The van der Waals surface area contributed by atoms with Gasteiger partial charge in [0.1, 0.15) is 11.5 Å². The Morgan fingerprint density at radius 1 is 1.00 bits per heavy atom. The summed E-state index contributed by atoms with van der Waals surface area (Å²) in [6.07, 6.45) is 0. The van der Waals surface area contributed by atoms with Gasteiger partial charge in [0.25, 0.3) is 0 Å². The van der Waals surface area contributed by atoms with Crippen molar-refractivity contribution in [1.82, 2.24) is 0 Å². The highest BCUT2D eigenvalue weighted by atomic mass is 32.2. The molecular weight excluding hydrogens is 349 g/mol. The first-order valence-corrected chi connectivity index (χ1v) is 9.76. The Bertz CT molecular complexity index is 734. The Morgan fingerprint density at radius 2 is 1.48 bits per heavy atom. The van der Waals surface area contributed by atoms with Gasteiger partial charge in [0.05, 0.1) is 0 Å². The third-order valence-electron chi connectivity index (χ3n) is 3.04. The maximum Gasteiger partial charge on any atom is 0.485 e. The zero-order valence-electron chi connectivity index (χ0n) is 12.6. The summed E-state index contributed by atoms with van der Waals surface area (Å²) in [7, 11) is -5.67. The van der Waals surface area contributed by atoms with Crippen LogP contribution in [-0.2, 0) is 21.0 Å². The van der Waals surface area contributed by atoms with Gasteiger partial charge in [-0.3, -0.25) is 0 Å². The van der Waals surface area contributed by atoms with Crippen LogP contribution < -0.4 is 0 Å². The normalized spacial score (nSPS) is 12.1. The predicted octanol–water partition coefficient (Wildman–Crippen LogP) is 3.91. The standard InChI is InChI=1S/C14H17S.CHF3O3S/c1-3-15(4-2)14-11-7-9-12-8-5-6-10-13(12)14;2-1(3,4)8(5,6)7/h5-11H,3-4H2,1-2H3;(H,5,6,7)/q+1;/p-1. The predicted molar refractivity (Wildman–Crippen MR) is 86.4 cm³/mol. The Kier molecular flexibility index (Phi) is 6.91. The lowest BCUT2D eigenvalue weighted by Crippen LogP contribution is -2.21. The van der Waals surface area contributed by atoms with Gasteiger partial charge < -0.3 is 4.55 Å². The van der Waals surface area contributed by atoms with Gasteiger partial charge in [0.15, 0.2) is 15.0 Å². The van der Waals surface area contributed by atoms with E-state index in [9.17, 15) is 13.2 Å². The van der Waals surface area contributed by atoms with Crippen molar-refractivity contribution >= 4 is 31.8 Å². The highest BCUT2D eigenvalue weighted by molar-refractivity contribution is 7.97. The van der Waals surface area contributed by atoms with E-state index in [1.165, 1.54) is 27.2 Å². The van der Waals surface area contributed by atoms with Crippen molar-refractivity contribution in [2.24, 2.45) is 0 Å². The highest BCUT2D eigenvalue weighted by Gasteiger charge is 2.36. The summed E-state index contributed by atoms with van der Waals surface area (Å²) < 4.78 is 58.9. The molecule has 0 aliphatic rings. The minimum Gasteiger partial charge on any atom is -0.741 e. The maximum absolute atomic E-state index is 10.7. The summed E-state index contributed by atoms with van der Waals surface area (Å²) in [6.45, 7) is 4.57. The molecule has 0 heterocycles. The van der Waals surface area contributed by atoms with Crippen molar-refractivity contribution in [3.05, 3.63) is 42.5 Å². The molecule has 8 heteroatoms. The fourth-order valence-electron chi connectivity index (χ4n) is 1.96. The van der Waals surface area contributed by atoms with Crippen LogP contribution in [0.3, 0.4) is 0 Å². The molecule has 2 aromatic carbocycles. The molecule has 23 heavy (non-hydrogen) atoms. The van der Waals surface area contributed by atoms with Crippen molar-refractivity contribution in [3.63, 3.8) is 0 Å². The second-order valence-electron chi connectivity index (χ2n) is 4.45. The van der Waals surface area contributed by atoms with Crippen LogP contribution in [0.4, 0.5) is 13.2 Å². The molecule has 0 radical (unpaired) electrons. The van der Waals surface area contributed by atoms with Gasteiger partial charge in [-0.05, 0) is 31.4 Å². The molecule has 3 nitrogen and oxygen atoms in total. The number of fused-ring (bicyclic) bond motifs is 1. The molecule has 0 spiro atoms. The monoisotopic (exact) mass is 366 g/mol. The fraction of sp³-hybridized carbons (Fsp3) is 0.333. The zero-order chi connectivity index (χ0) is 17.7. The smallest absolute Gasteiger partial charge is 0.485 e. The summed E-state index contributed by atoms with van der Waals surface area (Å²) in [5.41, 5.74) is -5.65. The van der Waals surface area contributed by atoms with E-state index in [1.54, 1.807) is 0 Å². The molecule has 0 saturated heterocycles. The largest absolute Gasteiger partial charge is 0.741 e. The summed E-state index contributed by atoms with van der Waals surface area (Å²) in [6, 6.07) is 15.4. The minimum absolute atomic E-state index is 0.424. The average molecular weight is 366 g/mol. The second-order valence-corrected chi connectivity index (χ2v) is 8.40. The fourth-order valence-corrected chi connectivity index (χ4v) is 3.76. The number of hydrogen-bond acceptors (Lipinski definition) is 3. The number of rotatable bonds is 3. The lowest BCUT2D eigenvalue weighted by Gasteiger charge is -2.08. The first kappa shape index (κ1) is 19.8. The number of benzene rings is 2. The quantitative estimate of drug-likeness (QED) is 0.470. The molecule has 0 atom stereocenters. The molecule has 2 rings (SSSR count). The van der Waals surface area contributed by atoms with Crippen LogP contribution in [0.5, 0.6) is 0 Å². The van der Waals surface area contributed by atoms with Crippen molar-refractivity contribution in [2.45, 2.75) is 24.3 Å².